The predicted octanol–water partition coefficient (Wildman–Crippen LogP) is 2.35. The van der Waals surface area contributed by atoms with Crippen LogP contribution in [-0.2, 0) is 4.79 Å². The zero-order valence-corrected chi connectivity index (χ0v) is 9.15. The maximum Gasteiger partial charge on any atom is 0.270 e. The number of hydrogen-bond donors (Lipinski definition) is 1. The summed E-state index contributed by atoms with van der Waals surface area (Å²) in [6, 6.07) is 7.09. The van der Waals surface area contributed by atoms with E-state index in [9.17, 15) is 4.79 Å². The monoisotopic (exact) mass is 237 g/mol. The number of halogens is 1. The highest BCUT2D eigenvalue weighted by molar-refractivity contribution is 6.33. The number of anilines is 1. The third kappa shape index (κ3) is 2.20. The van der Waals surface area contributed by atoms with Gasteiger partial charge in [-0.3, -0.25) is 10.1 Å². The Hall–Kier alpha value is -1.88. The van der Waals surface area contributed by atoms with Gasteiger partial charge in [0.1, 0.15) is 0 Å². The molecule has 0 aliphatic carbocycles. The molecule has 16 heavy (non-hydrogen) atoms. The second kappa shape index (κ2) is 4.32. The van der Waals surface area contributed by atoms with Gasteiger partial charge in [0.15, 0.2) is 0 Å². The SMILES string of the molecule is CC(=O)Nc1noc(-c2ccccc2Cl)n1. The van der Waals surface area contributed by atoms with Crippen molar-refractivity contribution in [2.45, 2.75) is 6.92 Å². The average Bonchev–Trinajstić information content (AvgIpc) is 2.66. The minimum Gasteiger partial charge on any atom is -0.332 e. The van der Waals surface area contributed by atoms with Crippen molar-refractivity contribution in [1.82, 2.24) is 10.1 Å². The first-order valence-corrected chi connectivity index (χ1v) is 4.91. The third-order valence-electron chi connectivity index (χ3n) is 1.82. The van der Waals surface area contributed by atoms with E-state index in [2.05, 4.69) is 15.5 Å². The molecule has 0 radical (unpaired) electrons. The van der Waals surface area contributed by atoms with E-state index in [1.165, 1.54) is 6.92 Å². The van der Waals surface area contributed by atoms with Gasteiger partial charge in [-0.25, -0.2) is 0 Å². The van der Waals surface area contributed by atoms with Crippen LogP contribution >= 0.6 is 11.6 Å². The van der Waals surface area contributed by atoms with Gasteiger partial charge in [0.25, 0.3) is 11.8 Å². The Morgan fingerprint density at radius 2 is 2.19 bits per heavy atom. The fourth-order valence-electron chi connectivity index (χ4n) is 1.18. The largest absolute Gasteiger partial charge is 0.332 e. The van der Waals surface area contributed by atoms with Crippen LogP contribution in [0.2, 0.25) is 5.02 Å². The summed E-state index contributed by atoms with van der Waals surface area (Å²) in [4.78, 5) is 14.8. The highest BCUT2D eigenvalue weighted by Crippen LogP contribution is 2.26. The number of nitrogens with zero attached hydrogens (tertiary/aromatic N) is 2. The molecule has 0 fully saturated rings. The van der Waals surface area contributed by atoms with E-state index < -0.39 is 0 Å². The van der Waals surface area contributed by atoms with Gasteiger partial charge in [-0.2, -0.15) is 4.98 Å². The summed E-state index contributed by atoms with van der Waals surface area (Å²) < 4.78 is 4.97. The lowest BCUT2D eigenvalue weighted by Crippen LogP contribution is -2.06. The second-order valence-electron chi connectivity index (χ2n) is 3.08. The number of nitrogens with one attached hydrogen (secondary N) is 1. The van der Waals surface area contributed by atoms with Gasteiger partial charge in [0, 0.05) is 6.92 Å². The first-order chi connectivity index (χ1) is 7.66. The number of benzene rings is 1. The van der Waals surface area contributed by atoms with Crippen LogP contribution in [0.4, 0.5) is 5.95 Å². The van der Waals surface area contributed by atoms with Crippen LogP contribution in [0.1, 0.15) is 6.92 Å². The van der Waals surface area contributed by atoms with Gasteiger partial charge in [-0.05, 0) is 17.3 Å². The van der Waals surface area contributed by atoms with Crippen molar-refractivity contribution in [2.24, 2.45) is 0 Å². The van der Waals surface area contributed by atoms with Gasteiger partial charge >= 0.3 is 0 Å². The Morgan fingerprint density at radius 3 is 2.88 bits per heavy atom. The average molecular weight is 238 g/mol. The van der Waals surface area contributed by atoms with Crippen LogP contribution < -0.4 is 5.32 Å². The molecule has 0 bridgehead atoms. The molecule has 2 aromatic rings. The molecule has 6 heteroatoms. The van der Waals surface area contributed by atoms with Crippen molar-refractivity contribution in [1.29, 1.82) is 0 Å². The first-order valence-electron chi connectivity index (χ1n) is 4.53. The van der Waals surface area contributed by atoms with E-state index in [0.29, 0.717) is 10.6 Å². The summed E-state index contributed by atoms with van der Waals surface area (Å²) in [5.41, 5.74) is 0.633. The van der Waals surface area contributed by atoms with Crippen LogP contribution in [0.5, 0.6) is 0 Å². The van der Waals surface area contributed by atoms with Crippen molar-refractivity contribution < 1.29 is 9.32 Å². The van der Waals surface area contributed by atoms with Crippen molar-refractivity contribution in [3.63, 3.8) is 0 Å². The predicted molar refractivity (Wildman–Crippen MR) is 59.0 cm³/mol. The Kier molecular flexibility index (Phi) is 2.87. The molecular formula is C10H8ClN3O2. The maximum atomic E-state index is 10.8. The number of aromatic nitrogens is 2. The van der Waals surface area contributed by atoms with Crippen molar-refractivity contribution >= 4 is 23.5 Å². The van der Waals surface area contributed by atoms with E-state index in [-0.39, 0.29) is 17.7 Å². The smallest absolute Gasteiger partial charge is 0.270 e. The Labute approximate surface area is 96.4 Å². The van der Waals surface area contributed by atoms with Gasteiger partial charge in [0.2, 0.25) is 5.91 Å². The normalized spacial score (nSPS) is 10.1. The number of hydrogen-bond acceptors (Lipinski definition) is 4. The molecule has 82 valence electrons. The molecule has 5 nitrogen and oxygen atoms in total. The summed E-state index contributed by atoms with van der Waals surface area (Å²) in [5.74, 6) is 0.142. The zero-order chi connectivity index (χ0) is 11.5. The Balaban J connectivity index is 2.32. The van der Waals surface area contributed by atoms with Gasteiger partial charge in [-0.1, -0.05) is 23.7 Å². The quantitative estimate of drug-likeness (QED) is 0.871. The molecule has 1 N–H and O–H groups in total. The number of carbonyl (C=O) groups excluding carboxylic acids is 1. The summed E-state index contributed by atoms with van der Waals surface area (Å²) in [6.07, 6.45) is 0. The molecule has 0 aliphatic heterocycles. The minimum absolute atomic E-state index is 0.127. The van der Waals surface area contributed by atoms with Crippen LogP contribution in [0.15, 0.2) is 28.8 Å². The number of carbonyl (C=O) groups is 1. The molecule has 0 saturated carbocycles. The van der Waals surface area contributed by atoms with Crippen LogP contribution in [-0.4, -0.2) is 16.0 Å². The van der Waals surface area contributed by atoms with E-state index in [4.69, 9.17) is 16.1 Å². The van der Waals surface area contributed by atoms with E-state index in [1.807, 2.05) is 6.07 Å². The molecule has 0 spiro atoms. The van der Waals surface area contributed by atoms with Crippen molar-refractivity contribution in [3.8, 4) is 11.5 Å². The fourth-order valence-corrected chi connectivity index (χ4v) is 1.39. The lowest BCUT2D eigenvalue weighted by molar-refractivity contribution is -0.114. The van der Waals surface area contributed by atoms with Crippen LogP contribution in [0.3, 0.4) is 0 Å². The highest BCUT2D eigenvalue weighted by Gasteiger charge is 2.11. The summed E-state index contributed by atoms with van der Waals surface area (Å²) >= 11 is 5.96. The first kappa shape index (κ1) is 10.6. The fraction of sp³-hybridized carbons (Fsp3) is 0.100. The van der Waals surface area contributed by atoms with Gasteiger partial charge in [0.05, 0.1) is 10.6 Å². The molecule has 0 aliphatic rings. The standard InChI is InChI=1S/C10H8ClN3O2/c1-6(15)12-10-13-9(16-14-10)7-4-2-3-5-8(7)11/h2-5H,1H3,(H,12,14,15). The molecule has 0 unspecified atom stereocenters. The molecule has 0 atom stereocenters. The number of amides is 1. The molecule has 2 rings (SSSR count). The van der Waals surface area contributed by atoms with Crippen molar-refractivity contribution in [3.05, 3.63) is 29.3 Å². The zero-order valence-electron chi connectivity index (χ0n) is 8.40. The van der Waals surface area contributed by atoms with Crippen LogP contribution in [0.25, 0.3) is 11.5 Å². The van der Waals surface area contributed by atoms with E-state index in [0.717, 1.165) is 0 Å². The molecule has 1 aromatic carbocycles. The molecule has 0 saturated heterocycles. The topological polar surface area (TPSA) is 68.0 Å². The summed E-state index contributed by atoms with van der Waals surface area (Å²) in [7, 11) is 0. The summed E-state index contributed by atoms with van der Waals surface area (Å²) in [6.45, 7) is 1.37. The Bertz CT molecular complexity index is 524. The van der Waals surface area contributed by atoms with Gasteiger partial charge < -0.3 is 4.52 Å². The minimum atomic E-state index is -0.258. The molecular weight excluding hydrogens is 230 g/mol. The van der Waals surface area contributed by atoms with E-state index >= 15 is 0 Å². The second-order valence-corrected chi connectivity index (χ2v) is 3.49. The maximum absolute atomic E-state index is 10.8. The summed E-state index contributed by atoms with van der Waals surface area (Å²) in [5, 5.41) is 6.53. The lowest BCUT2D eigenvalue weighted by atomic mass is 10.2. The molecule has 1 amide bonds. The van der Waals surface area contributed by atoms with Crippen LogP contribution in [0, 0.1) is 0 Å². The molecule has 1 aromatic heterocycles. The molecule has 1 heterocycles. The third-order valence-corrected chi connectivity index (χ3v) is 2.15. The lowest BCUT2D eigenvalue weighted by Gasteiger charge is -1.95. The highest BCUT2D eigenvalue weighted by atomic mass is 35.5. The van der Waals surface area contributed by atoms with Gasteiger partial charge in [-0.15, -0.1) is 0 Å². The van der Waals surface area contributed by atoms with Crippen molar-refractivity contribution in [2.75, 3.05) is 5.32 Å². The Morgan fingerprint density at radius 1 is 1.44 bits per heavy atom. The van der Waals surface area contributed by atoms with E-state index in [1.54, 1.807) is 18.2 Å². The number of rotatable bonds is 2.